The van der Waals surface area contributed by atoms with Gasteiger partial charge in [0.1, 0.15) is 66.0 Å². The summed E-state index contributed by atoms with van der Waals surface area (Å²) in [5.41, 5.74) is -1.32. The Bertz CT molecular complexity index is 956. The van der Waals surface area contributed by atoms with Crippen LogP contribution in [0.15, 0.2) is 0 Å². The first kappa shape index (κ1) is 47.4. The molecule has 0 amide bonds. The van der Waals surface area contributed by atoms with Gasteiger partial charge < -0.3 is 25.4 Å². The SMILES string of the molecule is BC(O)C(CC(C)(C)CC(C)(C)CC(=O)OC(B)C(CC(C)(C)CC)OC(=O)CC(C)(C)C(C)(C)CC(OC(C)C)C(C)OI)OI. The molecule has 0 aromatic heterocycles. The van der Waals surface area contributed by atoms with Gasteiger partial charge in [-0.05, 0) is 73.5 Å². The molecule has 6 unspecified atom stereocenters. The van der Waals surface area contributed by atoms with E-state index in [0.29, 0.717) is 19.3 Å². The van der Waals surface area contributed by atoms with Crippen molar-refractivity contribution < 1.29 is 35.0 Å². The van der Waals surface area contributed by atoms with Gasteiger partial charge in [0.25, 0.3) is 0 Å². The number of carbonyl (C=O) groups is 2. The number of carbonyl (C=O) groups excluding carboxylic acids is 2. The lowest BCUT2D eigenvalue weighted by Crippen LogP contribution is -2.43. The third-order valence-electron chi connectivity index (χ3n) is 10.1. The largest absolute Gasteiger partial charge is 0.468 e. The van der Waals surface area contributed by atoms with Gasteiger partial charge in [0.05, 0.1) is 37.3 Å². The zero-order valence-electron chi connectivity index (χ0n) is 32.6. The predicted octanol–water partition coefficient (Wildman–Crippen LogP) is 7.52. The third kappa shape index (κ3) is 17.9. The maximum absolute atomic E-state index is 13.6. The monoisotopic (exact) mass is 892 g/mol. The Morgan fingerprint density at radius 1 is 0.681 bits per heavy atom. The number of hydrogen-bond donors (Lipinski definition) is 1. The van der Waals surface area contributed by atoms with Crippen LogP contribution in [-0.2, 0) is 29.9 Å². The van der Waals surface area contributed by atoms with Crippen LogP contribution in [-0.4, -0.2) is 75.3 Å². The molecular formula is C35H68B2I2O8. The van der Waals surface area contributed by atoms with Crippen LogP contribution in [0.3, 0.4) is 0 Å². The summed E-state index contributed by atoms with van der Waals surface area (Å²) >= 11 is 3.77. The van der Waals surface area contributed by atoms with Gasteiger partial charge in [0.15, 0.2) is 7.85 Å². The summed E-state index contributed by atoms with van der Waals surface area (Å²) in [5, 5.41) is 10.1. The molecule has 0 aliphatic carbocycles. The molecule has 0 heterocycles. The Morgan fingerprint density at radius 2 is 1.19 bits per heavy atom. The molecule has 0 fully saturated rings. The maximum atomic E-state index is 13.6. The molecule has 0 bridgehead atoms. The smallest absolute Gasteiger partial charge is 0.306 e. The molecule has 8 nitrogen and oxygen atoms in total. The van der Waals surface area contributed by atoms with Crippen LogP contribution >= 0.6 is 46.0 Å². The van der Waals surface area contributed by atoms with E-state index < -0.39 is 23.5 Å². The van der Waals surface area contributed by atoms with E-state index in [0.717, 1.165) is 12.8 Å². The zero-order chi connectivity index (χ0) is 37.2. The fourth-order valence-corrected chi connectivity index (χ4v) is 7.21. The average molecular weight is 892 g/mol. The number of rotatable bonds is 23. The number of ether oxygens (including phenoxy) is 3. The van der Waals surface area contributed by atoms with E-state index in [1.165, 1.54) is 0 Å². The Morgan fingerprint density at radius 3 is 1.64 bits per heavy atom. The van der Waals surface area contributed by atoms with E-state index in [2.05, 4.69) is 76.2 Å². The Kier molecular flexibility index (Phi) is 20.0. The lowest BCUT2D eigenvalue weighted by Gasteiger charge is -2.44. The minimum absolute atomic E-state index is 0.0552. The zero-order valence-corrected chi connectivity index (χ0v) is 36.9. The summed E-state index contributed by atoms with van der Waals surface area (Å²) in [4.78, 5) is 27.0. The molecule has 0 radical (unpaired) electrons. The fourth-order valence-electron chi connectivity index (χ4n) is 6.28. The number of aliphatic hydroxyl groups excluding tert-OH is 1. The molecule has 6 atom stereocenters. The Labute approximate surface area is 318 Å². The quantitative estimate of drug-likeness (QED) is 0.0640. The second-order valence-corrected chi connectivity index (χ2v) is 18.9. The molecule has 0 spiro atoms. The highest BCUT2D eigenvalue weighted by atomic mass is 127. The number of aliphatic hydroxyl groups is 1. The lowest BCUT2D eigenvalue weighted by molar-refractivity contribution is -0.168. The van der Waals surface area contributed by atoms with Gasteiger partial charge in [-0.1, -0.05) is 82.6 Å². The molecule has 276 valence electrons. The van der Waals surface area contributed by atoms with Crippen molar-refractivity contribution >= 4 is 73.6 Å². The molecule has 12 heteroatoms. The first-order valence-electron chi connectivity index (χ1n) is 17.4. The van der Waals surface area contributed by atoms with Crippen molar-refractivity contribution in [3.05, 3.63) is 0 Å². The van der Waals surface area contributed by atoms with E-state index in [1.54, 1.807) is 7.85 Å². The summed E-state index contributed by atoms with van der Waals surface area (Å²) < 4.78 is 29.5. The summed E-state index contributed by atoms with van der Waals surface area (Å²) in [6, 6.07) is -1.19. The minimum Gasteiger partial charge on any atom is -0.468 e. The average Bonchev–Trinajstić information content (AvgIpc) is 2.88. The van der Waals surface area contributed by atoms with E-state index in [9.17, 15) is 14.7 Å². The normalized spacial score (nSPS) is 17.5. The summed E-state index contributed by atoms with van der Waals surface area (Å²) in [6.45, 7) is 29.4. The molecule has 0 saturated heterocycles. The van der Waals surface area contributed by atoms with Gasteiger partial charge in [-0.3, -0.25) is 9.59 Å². The van der Waals surface area contributed by atoms with Crippen molar-refractivity contribution in [3.8, 4) is 0 Å². The van der Waals surface area contributed by atoms with Crippen LogP contribution in [0.4, 0.5) is 0 Å². The second kappa shape index (κ2) is 19.8. The van der Waals surface area contributed by atoms with E-state index >= 15 is 0 Å². The second-order valence-electron chi connectivity index (χ2n) is 17.9. The number of hydrogen-bond acceptors (Lipinski definition) is 8. The molecule has 0 aromatic rings. The molecule has 0 aliphatic heterocycles. The van der Waals surface area contributed by atoms with Crippen LogP contribution in [0.2, 0.25) is 0 Å². The van der Waals surface area contributed by atoms with Gasteiger partial charge in [-0.25, -0.2) is 0 Å². The first-order valence-corrected chi connectivity index (χ1v) is 19.2. The van der Waals surface area contributed by atoms with Crippen molar-refractivity contribution in [2.75, 3.05) is 0 Å². The molecule has 1 N–H and O–H groups in total. The van der Waals surface area contributed by atoms with Crippen molar-refractivity contribution in [2.24, 2.45) is 27.1 Å². The van der Waals surface area contributed by atoms with Crippen LogP contribution in [0.1, 0.15) is 142 Å². The van der Waals surface area contributed by atoms with Crippen molar-refractivity contribution in [1.82, 2.24) is 0 Å². The molecule has 47 heavy (non-hydrogen) atoms. The van der Waals surface area contributed by atoms with Gasteiger partial charge in [0, 0.05) is 6.00 Å². The lowest BCUT2D eigenvalue weighted by atomic mass is 9.63. The highest BCUT2D eigenvalue weighted by Gasteiger charge is 2.43. The Hall–Kier alpha value is 0.370. The maximum Gasteiger partial charge on any atom is 0.306 e. The highest BCUT2D eigenvalue weighted by Crippen LogP contribution is 2.46. The van der Waals surface area contributed by atoms with Crippen molar-refractivity contribution in [1.29, 1.82) is 0 Å². The Balaban J connectivity index is 5.77. The predicted molar refractivity (Wildman–Crippen MR) is 213 cm³/mol. The standard InChI is InChI=1S/C35H68B2I2O8/c1-15-31(5,6)17-26(30(37)45-27(40)19-33(9,10)21-32(7,8)16-25(47-39)29(36)42)44-28(41)20-35(13,14)34(11,12)18-24(23(4)46-38)43-22(2)3/h22-26,29-30,42H,15-21,36-37H2,1-14H3. The van der Waals surface area contributed by atoms with Gasteiger partial charge in [-0.15, -0.1) is 0 Å². The molecule has 0 aromatic carbocycles. The number of halogens is 2. The van der Waals surface area contributed by atoms with Gasteiger partial charge in [-0.2, -0.15) is 0 Å². The fraction of sp³-hybridized carbons (Fsp3) is 0.943. The summed E-state index contributed by atoms with van der Waals surface area (Å²) in [7, 11) is 3.56. The number of esters is 2. The van der Waals surface area contributed by atoms with Gasteiger partial charge in [0.2, 0.25) is 0 Å². The first-order chi connectivity index (χ1) is 21.1. The summed E-state index contributed by atoms with van der Waals surface area (Å²) in [5.74, 6) is -0.607. The van der Waals surface area contributed by atoms with Crippen molar-refractivity contribution in [3.63, 3.8) is 0 Å². The van der Waals surface area contributed by atoms with E-state index in [4.69, 9.17) is 20.3 Å². The van der Waals surface area contributed by atoms with Crippen LogP contribution in [0.25, 0.3) is 0 Å². The van der Waals surface area contributed by atoms with Crippen molar-refractivity contribution in [2.45, 2.75) is 184 Å². The van der Waals surface area contributed by atoms with Crippen LogP contribution < -0.4 is 0 Å². The topological polar surface area (TPSA) is 101 Å². The van der Waals surface area contributed by atoms with Gasteiger partial charge >= 0.3 is 11.9 Å². The third-order valence-corrected chi connectivity index (χ3v) is 11.5. The highest BCUT2D eigenvalue weighted by molar-refractivity contribution is 14.1. The molecule has 0 aliphatic rings. The van der Waals surface area contributed by atoms with Crippen LogP contribution in [0.5, 0.6) is 0 Å². The van der Waals surface area contributed by atoms with Crippen LogP contribution in [0, 0.1) is 27.1 Å². The molecule has 0 rings (SSSR count). The van der Waals surface area contributed by atoms with E-state index in [-0.39, 0.29) is 70.9 Å². The molecular weight excluding hydrogens is 824 g/mol. The summed E-state index contributed by atoms with van der Waals surface area (Å²) in [6.07, 6.45) is 3.01. The minimum atomic E-state index is -0.602. The molecule has 0 saturated carbocycles. The van der Waals surface area contributed by atoms with E-state index in [1.807, 2.05) is 74.6 Å².